The average Bonchev–Trinajstić information content (AvgIpc) is 3.01. The van der Waals surface area contributed by atoms with Gasteiger partial charge in [0.1, 0.15) is 0 Å². The molecule has 1 fully saturated rings. The minimum absolute atomic E-state index is 0.0113. The van der Waals surface area contributed by atoms with Crippen LogP contribution in [0.2, 0.25) is 5.02 Å². The number of nitrogens with zero attached hydrogens (tertiary/aromatic N) is 2. The van der Waals surface area contributed by atoms with Gasteiger partial charge >= 0.3 is 0 Å². The molecule has 0 spiro atoms. The first-order chi connectivity index (χ1) is 12.0. The Hall–Kier alpha value is -2.33. The predicted octanol–water partition coefficient (Wildman–Crippen LogP) is 4.05. The quantitative estimate of drug-likeness (QED) is 0.829. The largest absolute Gasteiger partial charge is 0.312 e. The van der Waals surface area contributed by atoms with Gasteiger partial charge in [-0.25, -0.2) is 0 Å². The molecule has 0 unspecified atom stereocenters. The molecule has 2 aromatic rings. The highest BCUT2D eigenvalue weighted by molar-refractivity contribution is 6.31. The molecular formula is C20H21ClN2O2. The molecule has 0 aliphatic carbocycles. The summed E-state index contributed by atoms with van der Waals surface area (Å²) < 4.78 is 0. The van der Waals surface area contributed by atoms with Crippen LogP contribution in [0.3, 0.4) is 0 Å². The molecule has 25 heavy (non-hydrogen) atoms. The lowest BCUT2D eigenvalue weighted by atomic mass is 10.1. The second kappa shape index (κ2) is 7.28. The van der Waals surface area contributed by atoms with E-state index in [0.717, 1.165) is 16.9 Å². The minimum Gasteiger partial charge on any atom is -0.312 e. The zero-order valence-corrected chi connectivity index (χ0v) is 15.2. The third kappa shape index (κ3) is 3.54. The number of hydrogen-bond donors (Lipinski definition) is 0. The van der Waals surface area contributed by atoms with Crippen LogP contribution in [0, 0.1) is 12.8 Å². The molecule has 2 aromatic carbocycles. The highest BCUT2D eigenvalue weighted by Gasteiger charge is 2.37. The highest BCUT2D eigenvalue weighted by Crippen LogP contribution is 2.30. The van der Waals surface area contributed by atoms with Crippen molar-refractivity contribution in [3.63, 3.8) is 0 Å². The van der Waals surface area contributed by atoms with Crippen molar-refractivity contribution in [3.05, 3.63) is 59.1 Å². The summed E-state index contributed by atoms with van der Waals surface area (Å²) in [6.07, 6.45) is 0.230. The van der Waals surface area contributed by atoms with E-state index in [-0.39, 0.29) is 24.2 Å². The van der Waals surface area contributed by atoms with E-state index in [4.69, 9.17) is 11.6 Å². The Balaban J connectivity index is 1.79. The van der Waals surface area contributed by atoms with Gasteiger partial charge in [-0.3, -0.25) is 9.59 Å². The molecular weight excluding hydrogens is 336 g/mol. The van der Waals surface area contributed by atoms with E-state index in [1.54, 1.807) is 15.9 Å². The summed E-state index contributed by atoms with van der Waals surface area (Å²) in [5, 5.41) is 0.625. The summed E-state index contributed by atoms with van der Waals surface area (Å²) in [4.78, 5) is 28.8. The molecule has 0 radical (unpaired) electrons. The first kappa shape index (κ1) is 17.5. The van der Waals surface area contributed by atoms with Gasteiger partial charge in [0.05, 0.1) is 5.92 Å². The molecule has 5 heteroatoms. The summed E-state index contributed by atoms with van der Waals surface area (Å²) in [5.41, 5.74) is 2.57. The molecule has 4 nitrogen and oxygen atoms in total. The van der Waals surface area contributed by atoms with Crippen molar-refractivity contribution in [3.8, 4) is 0 Å². The van der Waals surface area contributed by atoms with Crippen molar-refractivity contribution in [2.24, 2.45) is 5.92 Å². The number of rotatable bonds is 4. The van der Waals surface area contributed by atoms with Crippen LogP contribution < -0.4 is 9.80 Å². The maximum absolute atomic E-state index is 12.9. The van der Waals surface area contributed by atoms with Crippen LogP contribution in [0.4, 0.5) is 11.4 Å². The summed E-state index contributed by atoms with van der Waals surface area (Å²) in [5.74, 6) is -0.391. The molecule has 0 saturated carbocycles. The van der Waals surface area contributed by atoms with Crippen molar-refractivity contribution in [2.45, 2.75) is 20.3 Å². The summed E-state index contributed by atoms with van der Waals surface area (Å²) in [7, 11) is 0. The van der Waals surface area contributed by atoms with E-state index in [0.29, 0.717) is 18.1 Å². The number of aryl methyl sites for hydroxylation is 1. The van der Waals surface area contributed by atoms with E-state index < -0.39 is 0 Å². The summed E-state index contributed by atoms with van der Waals surface area (Å²) in [6.45, 7) is 4.83. The maximum atomic E-state index is 12.9. The third-order valence-electron chi connectivity index (χ3n) is 4.59. The van der Waals surface area contributed by atoms with Gasteiger partial charge < -0.3 is 9.80 Å². The zero-order chi connectivity index (χ0) is 18.0. The normalized spacial score (nSPS) is 17.0. The average molecular weight is 357 g/mol. The van der Waals surface area contributed by atoms with Crippen LogP contribution >= 0.6 is 11.6 Å². The van der Waals surface area contributed by atoms with Gasteiger partial charge in [0.25, 0.3) is 0 Å². The smallest absolute Gasteiger partial charge is 0.232 e. The Morgan fingerprint density at radius 2 is 1.96 bits per heavy atom. The van der Waals surface area contributed by atoms with Crippen molar-refractivity contribution in [1.82, 2.24) is 0 Å². The highest BCUT2D eigenvalue weighted by atomic mass is 35.5. The lowest BCUT2D eigenvalue weighted by Crippen LogP contribution is -2.37. The van der Waals surface area contributed by atoms with E-state index in [9.17, 15) is 9.59 Å². The molecule has 2 amide bonds. The van der Waals surface area contributed by atoms with Crippen molar-refractivity contribution >= 4 is 34.8 Å². The van der Waals surface area contributed by atoms with E-state index in [1.807, 2.05) is 56.3 Å². The van der Waals surface area contributed by atoms with E-state index in [2.05, 4.69) is 0 Å². The Kier molecular flexibility index (Phi) is 5.09. The number of amides is 2. The monoisotopic (exact) mass is 356 g/mol. The molecule has 130 valence electrons. The van der Waals surface area contributed by atoms with Crippen molar-refractivity contribution in [1.29, 1.82) is 0 Å². The van der Waals surface area contributed by atoms with Gasteiger partial charge in [-0.2, -0.15) is 0 Å². The molecule has 1 saturated heterocycles. The lowest BCUT2D eigenvalue weighted by Gasteiger charge is -2.24. The Morgan fingerprint density at radius 1 is 1.24 bits per heavy atom. The fourth-order valence-corrected chi connectivity index (χ4v) is 3.34. The fourth-order valence-electron chi connectivity index (χ4n) is 3.17. The maximum Gasteiger partial charge on any atom is 0.232 e. The van der Waals surface area contributed by atoms with Gasteiger partial charge in [-0.1, -0.05) is 35.9 Å². The number of hydrogen-bond acceptors (Lipinski definition) is 2. The fraction of sp³-hybridized carbons (Fsp3) is 0.300. The summed E-state index contributed by atoms with van der Waals surface area (Å²) in [6, 6.07) is 15.1. The first-order valence-corrected chi connectivity index (χ1v) is 8.82. The van der Waals surface area contributed by atoms with Gasteiger partial charge in [-0.05, 0) is 43.7 Å². The zero-order valence-electron chi connectivity index (χ0n) is 14.4. The molecule has 1 aliphatic rings. The van der Waals surface area contributed by atoms with Crippen LogP contribution in [0.25, 0.3) is 0 Å². The number of benzene rings is 2. The molecule has 1 aliphatic heterocycles. The minimum atomic E-state index is -0.340. The number of para-hydroxylation sites is 1. The van der Waals surface area contributed by atoms with Crippen LogP contribution in [0.15, 0.2) is 48.5 Å². The summed E-state index contributed by atoms with van der Waals surface area (Å²) >= 11 is 6.18. The van der Waals surface area contributed by atoms with E-state index in [1.165, 1.54) is 0 Å². The number of anilines is 2. The number of halogens is 1. The predicted molar refractivity (Wildman–Crippen MR) is 101 cm³/mol. The van der Waals surface area contributed by atoms with Crippen LogP contribution in [0.1, 0.15) is 18.9 Å². The number of carbonyl (C=O) groups excluding carboxylic acids is 2. The van der Waals surface area contributed by atoms with Crippen LogP contribution in [-0.2, 0) is 9.59 Å². The Bertz CT molecular complexity index is 792. The molecule has 0 N–H and O–H groups in total. The molecule has 0 aromatic heterocycles. The van der Waals surface area contributed by atoms with Gasteiger partial charge in [0, 0.05) is 35.9 Å². The van der Waals surface area contributed by atoms with Gasteiger partial charge in [0.15, 0.2) is 0 Å². The van der Waals surface area contributed by atoms with E-state index >= 15 is 0 Å². The standard InChI is InChI=1S/C20H21ClN2O2/c1-3-22(16-7-5-4-6-8-16)20(25)15-11-19(24)23(13-15)17-10-9-14(2)18(21)12-17/h4-10,12,15H,3,11,13H2,1-2H3/t15-/m1/s1. The molecule has 1 atom stereocenters. The topological polar surface area (TPSA) is 40.6 Å². The van der Waals surface area contributed by atoms with Crippen molar-refractivity contribution < 1.29 is 9.59 Å². The van der Waals surface area contributed by atoms with Gasteiger partial charge in [-0.15, -0.1) is 0 Å². The SMILES string of the molecule is CCN(C(=O)[C@@H]1CC(=O)N(c2ccc(C)c(Cl)c2)C1)c1ccccc1. The molecule has 0 bridgehead atoms. The Labute approximate surface area is 153 Å². The lowest BCUT2D eigenvalue weighted by molar-refractivity contribution is -0.124. The number of carbonyl (C=O) groups is 2. The third-order valence-corrected chi connectivity index (χ3v) is 5.00. The molecule has 3 rings (SSSR count). The second-order valence-electron chi connectivity index (χ2n) is 6.26. The van der Waals surface area contributed by atoms with Crippen molar-refractivity contribution in [2.75, 3.05) is 22.9 Å². The second-order valence-corrected chi connectivity index (χ2v) is 6.66. The Morgan fingerprint density at radius 3 is 2.60 bits per heavy atom. The van der Waals surface area contributed by atoms with Gasteiger partial charge in [0.2, 0.25) is 11.8 Å². The first-order valence-electron chi connectivity index (χ1n) is 8.44. The van der Waals surface area contributed by atoms with Crippen LogP contribution in [0.5, 0.6) is 0 Å². The molecule has 1 heterocycles. The van der Waals surface area contributed by atoms with Crippen LogP contribution in [-0.4, -0.2) is 24.9 Å².